The summed E-state index contributed by atoms with van der Waals surface area (Å²) >= 11 is 0. The maximum atomic E-state index is 11.1. The van der Waals surface area contributed by atoms with Crippen LogP contribution in [-0.2, 0) is 4.79 Å². The van der Waals surface area contributed by atoms with Crippen molar-refractivity contribution in [2.75, 3.05) is 12.4 Å². The molecular weight excluding hydrogens is 206 g/mol. The molecule has 0 aliphatic heterocycles. The average Bonchev–Trinajstić information content (AvgIpc) is 2.22. The Kier molecular flexibility index (Phi) is 3.66. The fourth-order valence-corrected chi connectivity index (χ4v) is 1.63. The SMILES string of the molecule is COc1c(C)cc(C=O)c(C)c1NC(C)=O. The van der Waals surface area contributed by atoms with Gasteiger partial charge in [0.2, 0.25) is 5.91 Å². The number of hydrogen-bond donors (Lipinski definition) is 1. The summed E-state index contributed by atoms with van der Waals surface area (Å²) < 4.78 is 5.23. The monoisotopic (exact) mass is 221 g/mol. The highest BCUT2D eigenvalue weighted by Gasteiger charge is 2.14. The van der Waals surface area contributed by atoms with Gasteiger partial charge in [-0.3, -0.25) is 9.59 Å². The van der Waals surface area contributed by atoms with Crippen molar-refractivity contribution < 1.29 is 14.3 Å². The first-order chi connectivity index (χ1) is 7.51. The quantitative estimate of drug-likeness (QED) is 0.795. The molecule has 0 unspecified atom stereocenters. The first-order valence-corrected chi connectivity index (χ1v) is 4.92. The van der Waals surface area contributed by atoms with Gasteiger partial charge in [-0.2, -0.15) is 0 Å². The number of aryl methyl sites for hydroxylation is 1. The Morgan fingerprint density at radius 2 is 2.06 bits per heavy atom. The number of hydrogen-bond acceptors (Lipinski definition) is 3. The van der Waals surface area contributed by atoms with Crippen LogP contribution < -0.4 is 10.1 Å². The van der Waals surface area contributed by atoms with Crippen molar-refractivity contribution in [3.05, 3.63) is 22.8 Å². The van der Waals surface area contributed by atoms with Crippen LogP contribution in [0.4, 0.5) is 5.69 Å². The molecule has 1 amide bonds. The number of carbonyl (C=O) groups excluding carboxylic acids is 2. The minimum atomic E-state index is -0.191. The van der Waals surface area contributed by atoms with Gasteiger partial charge < -0.3 is 10.1 Å². The average molecular weight is 221 g/mol. The van der Waals surface area contributed by atoms with E-state index in [9.17, 15) is 9.59 Å². The number of nitrogens with one attached hydrogen (secondary N) is 1. The van der Waals surface area contributed by atoms with E-state index in [1.54, 1.807) is 13.0 Å². The maximum absolute atomic E-state index is 11.1. The number of ether oxygens (including phenoxy) is 1. The van der Waals surface area contributed by atoms with E-state index in [0.29, 0.717) is 22.6 Å². The normalized spacial score (nSPS) is 9.75. The van der Waals surface area contributed by atoms with Crippen LogP contribution in [0.3, 0.4) is 0 Å². The molecule has 0 atom stereocenters. The molecule has 0 aliphatic rings. The van der Waals surface area contributed by atoms with Crippen LogP contribution in [0.25, 0.3) is 0 Å². The van der Waals surface area contributed by atoms with E-state index >= 15 is 0 Å². The standard InChI is InChI=1S/C12H15NO3/c1-7-5-10(6-14)8(2)11(12(7)16-4)13-9(3)15/h5-6H,1-4H3,(H,13,15). The molecule has 1 rings (SSSR count). The lowest BCUT2D eigenvalue weighted by Gasteiger charge is -2.16. The number of aldehydes is 1. The van der Waals surface area contributed by atoms with E-state index in [1.807, 2.05) is 6.92 Å². The summed E-state index contributed by atoms with van der Waals surface area (Å²) in [7, 11) is 1.54. The zero-order chi connectivity index (χ0) is 12.3. The highest BCUT2D eigenvalue weighted by Crippen LogP contribution is 2.33. The van der Waals surface area contributed by atoms with E-state index in [1.165, 1.54) is 14.0 Å². The van der Waals surface area contributed by atoms with Crippen LogP contribution in [0.2, 0.25) is 0 Å². The van der Waals surface area contributed by atoms with Gasteiger partial charge in [0.15, 0.2) is 0 Å². The lowest BCUT2D eigenvalue weighted by molar-refractivity contribution is -0.114. The summed E-state index contributed by atoms with van der Waals surface area (Å²) in [5.74, 6) is 0.405. The van der Waals surface area contributed by atoms with Gasteiger partial charge in [0.25, 0.3) is 0 Å². The van der Waals surface area contributed by atoms with E-state index in [-0.39, 0.29) is 5.91 Å². The summed E-state index contributed by atoms with van der Waals surface area (Å²) in [5.41, 5.74) is 2.66. The van der Waals surface area contributed by atoms with E-state index in [2.05, 4.69) is 5.32 Å². The minimum absolute atomic E-state index is 0.191. The number of rotatable bonds is 3. The predicted molar refractivity (Wildman–Crippen MR) is 62.2 cm³/mol. The fraction of sp³-hybridized carbons (Fsp3) is 0.333. The smallest absolute Gasteiger partial charge is 0.221 e. The molecule has 0 spiro atoms. The van der Waals surface area contributed by atoms with Gasteiger partial charge >= 0.3 is 0 Å². The van der Waals surface area contributed by atoms with Crippen LogP contribution >= 0.6 is 0 Å². The lowest BCUT2D eigenvalue weighted by Crippen LogP contribution is -2.10. The Labute approximate surface area is 94.6 Å². The van der Waals surface area contributed by atoms with Crippen LogP contribution in [0.5, 0.6) is 5.75 Å². The summed E-state index contributed by atoms with van der Waals surface area (Å²) in [4.78, 5) is 22.0. The molecule has 86 valence electrons. The number of methoxy groups -OCH3 is 1. The fourth-order valence-electron chi connectivity index (χ4n) is 1.63. The number of anilines is 1. The molecule has 0 saturated heterocycles. The molecule has 1 N–H and O–H groups in total. The van der Waals surface area contributed by atoms with Gasteiger partial charge in [-0.1, -0.05) is 0 Å². The van der Waals surface area contributed by atoms with Crippen molar-refractivity contribution in [3.8, 4) is 5.75 Å². The van der Waals surface area contributed by atoms with Crippen molar-refractivity contribution in [3.63, 3.8) is 0 Å². The highest BCUT2D eigenvalue weighted by atomic mass is 16.5. The molecule has 4 heteroatoms. The van der Waals surface area contributed by atoms with Crippen LogP contribution in [0, 0.1) is 13.8 Å². The van der Waals surface area contributed by atoms with Gasteiger partial charge in [-0.15, -0.1) is 0 Å². The Hall–Kier alpha value is -1.84. The topological polar surface area (TPSA) is 55.4 Å². The van der Waals surface area contributed by atoms with Gasteiger partial charge in [0.05, 0.1) is 12.8 Å². The molecule has 0 aromatic heterocycles. The molecule has 0 heterocycles. The molecule has 1 aromatic carbocycles. The van der Waals surface area contributed by atoms with Crippen molar-refractivity contribution in [2.24, 2.45) is 0 Å². The van der Waals surface area contributed by atoms with Crippen LogP contribution in [0.15, 0.2) is 6.07 Å². The Morgan fingerprint density at radius 3 is 2.50 bits per heavy atom. The van der Waals surface area contributed by atoms with Crippen LogP contribution in [-0.4, -0.2) is 19.3 Å². The third-order valence-corrected chi connectivity index (χ3v) is 2.40. The van der Waals surface area contributed by atoms with Crippen LogP contribution in [0.1, 0.15) is 28.4 Å². The summed E-state index contributed by atoms with van der Waals surface area (Å²) in [6.07, 6.45) is 0.771. The van der Waals surface area contributed by atoms with E-state index in [0.717, 1.165) is 11.8 Å². The predicted octanol–water partition coefficient (Wildman–Crippen LogP) is 2.08. The second-order valence-electron chi connectivity index (χ2n) is 3.61. The maximum Gasteiger partial charge on any atom is 0.221 e. The van der Waals surface area contributed by atoms with E-state index in [4.69, 9.17) is 4.74 Å². The molecule has 0 radical (unpaired) electrons. The second kappa shape index (κ2) is 4.79. The third-order valence-electron chi connectivity index (χ3n) is 2.40. The summed E-state index contributed by atoms with van der Waals surface area (Å²) in [6, 6.07) is 1.74. The van der Waals surface area contributed by atoms with Crippen molar-refractivity contribution >= 4 is 17.9 Å². The molecule has 0 fully saturated rings. The van der Waals surface area contributed by atoms with Crippen molar-refractivity contribution in [1.82, 2.24) is 0 Å². The molecule has 16 heavy (non-hydrogen) atoms. The number of amides is 1. The second-order valence-corrected chi connectivity index (χ2v) is 3.61. The third kappa shape index (κ3) is 2.21. The molecular formula is C12H15NO3. The van der Waals surface area contributed by atoms with Gasteiger partial charge in [-0.25, -0.2) is 0 Å². The molecule has 0 saturated carbocycles. The van der Waals surface area contributed by atoms with Gasteiger partial charge in [0.1, 0.15) is 12.0 Å². The molecule has 4 nitrogen and oxygen atoms in total. The Balaban J connectivity index is 3.44. The molecule has 1 aromatic rings. The highest BCUT2D eigenvalue weighted by molar-refractivity contribution is 5.94. The number of carbonyl (C=O) groups is 2. The van der Waals surface area contributed by atoms with Gasteiger partial charge in [-0.05, 0) is 31.0 Å². The zero-order valence-electron chi connectivity index (χ0n) is 9.88. The van der Waals surface area contributed by atoms with Crippen molar-refractivity contribution in [1.29, 1.82) is 0 Å². The van der Waals surface area contributed by atoms with Gasteiger partial charge in [0, 0.05) is 12.5 Å². The lowest BCUT2D eigenvalue weighted by atomic mass is 10.0. The Bertz CT molecular complexity index is 438. The minimum Gasteiger partial charge on any atom is -0.494 e. The molecule has 0 bridgehead atoms. The van der Waals surface area contributed by atoms with E-state index < -0.39 is 0 Å². The summed E-state index contributed by atoms with van der Waals surface area (Å²) in [6.45, 7) is 5.02. The largest absolute Gasteiger partial charge is 0.494 e. The number of benzene rings is 1. The first kappa shape index (κ1) is 12.2. The zero-order valence-corrected chi connectivity index (χ0v) is 9.88. The first-order valence-electron chi connectivity index (χ1n) is 4.92. The van der Waals surface area contributed by atoms with Crippen molar-refractivity contribution in [2.45, 2.75) is 20.8 Å². The molecule has 0 aliphatic carbocycles. The summed E-state index contributed by atoms with van der Waals surface area (Å²) in [5, 5.41) is 2.69. The Morgan fingerprint density at radius 1 is 1.44 bits per heavy atom.